The van der Waals surface area contributed by atoms with Crippen molar-refractivity contribution in [3.63, 3.8) is 0 Å². The Morgan fingerprint density at radius 2 is 1.73 bits per heavy atom. The van der Waals surface area contributed by atoms with E-state index in [1.165, 1.54) is 24.3 Å². The van der Waals surface area contributed by atoms with Gasteiger partial charge in [0.1, 0.15) is 11.6 Å². The molecule has 0 unspecified atom stereocenters. The number of rotatable bonds is 2. The van der Waals surface area contributed by atoms with Gasteiger partial charge < -0.3 is 9.72 Å². The number of benzene rings is 2. The highest BCUT2D eigenvalue weighted by atomic mass is 35.5. The molecule has 0 spiro atoms. The van der Waals surface area contributed by atoms with Gasteiger partial charge >= 0.3 is 6.36 Å². The summed E-state index contributed by atoms with van der Waals surface area (Å²) in [6.45, 7) is 0. The number of ether oxygens (including phenoxy) is 1. The molecule has 22 heavy (non-hydrogen) atoms. The van der Waals surface area contributed by atoms with Gasteiger partial charge in [-0.2, -0.15) is 0 Å². The third kappa shape index (κ3) is 3.13. The van der Waals surface area contributed by atoms with Crippen LogP contribution in [-0.4, -0.2) is 16.3 Å². The van der Waals surface area contributed by atoms with Crippen molar-refractivity contribution in [2.75, 3.05) is 0 Å². The van der Waals surface area contributed by atoms with Gasteiger partial charge in [-0.05, 0) is 36.4 Å². The minimum Gasteiger partial charge on any atom is -0.406 e. The van der Waals surface area contributed by atoms with Gasteiger partial charge in [0.2, 0.25) is 0 Å². The molecule has 0 amide bonds. The molecule has 0 radical (unpaired) electrons. The molecule has 1 heterocycles. The van der Waals surface area contributed by atoms with E-state index in [4.69, 9.17) is 23.2 Å². The summed E-state index contributed by atoms with van der Waals surface area (Å²) in [5.74, 6) is 0.172. The molecule has 0 saturated heterocycles. The van der Waals surface area contributed by atoms with E-state index in [1.807, 2.05) is 0 Å². The second-order valence-electron chi connectivity index (χ2n) is 4.44. The fourth-order valence-corrected chi connectivity index (χ4v) is 2.52. The zero-order valence-electron chi connectivity index (χ0n) is 10.7. The Balaban J connectivity index is 1.96. The molecule has 8 heteroatoms. The quantitative estimate of drug-likeness (QED) is 0.671. The van der Waals surface area contributed by atoms with Crippen LogP contribution in [0, 0.1) is 0 Å². The topological polar surface area (TPSA) is 37.9 Å². The lowest BCUT2D eigenvalue weighted by molar-refractivity contribution is -0.274. The van der Waals surface area contributed by atoms with Crippen LogP contribution in [0.3, 0.4) is 0 Å². The molecular weight excluding hydrogens is 340 g/mol. The molecule has 1 aromatic heterocycles. The van der Waals surface area contributed by atoms with Crippen molar-refractivity contribution in [3.05, 3.63) is 46.4 Å². The molecule has 0 saturated carbocycles. The summed E-state index contributed by atoms with van der Waals surface area (Å²) in [7, 11) is 0. The summed E-state index contributed by atoms with van der Waals surface area (Å²) < 4.78 is 40.2. The van der Waals surface area contributed by atoms with Crippen LogP contribution in [0.25, 0.3) is 22.4 Å². The Morgan fingerprint density at radius 3 is 2.36 bits per heavy atom. The van der Waals surface area contributed by atoms with Gasteiger partial charge in [-0.3, -0.25) is 0 Å². The van der Waals surface area contributed by atoms with Gasteiger partial charge in [-0.25, -0.2) is 4.98 Å². The van der Waals surface area contributed by atoms with Crippen molar-refractivity contribution in [2.24, 2.45) is 0 Å². The number of fused-ring (bicyclic) bond motifs is 1. The Kier molecular flexibility index (Phi) is 3.66. The monoisotopic (exact) mass is 346 g/mol. The summed E-state index contributed by atoms with van der Waals surface area (Å²) in [4.78, 5) is 7.33. The minimum absolute atomic E-state index is 0.298. The van der Waals surface area contributed by atoms with Crippen molar-refractivity contribution in [3.8, 4) is 17.1 Å². The fourth-order valence-electron chi connectivity index (χ4n) is 1.99. The number of nitrogens with one attached hydrogen (secondary N) is 1. The van der Waals surface area contributed by atoms with Crippen LogP contribution in [0.4, 0.5) is 13.2 Å². The maximum Gasteiger partial charge on any atom is 0.573 e. The first-order valence-corrected chi connectivity index (χ1v) is 6.78. The lowest BCUT2D eigenvalue weighted by atomic mass is 10.2. The van der Waals surface area contributed by atoms with E-state index >= 15 is 0 Å². The molecule has 1 N–H and O–H groups in total. The van der Waals surface area contributed by atoms with Crippen LogP contribution in [0.1, 0.15) is 0 Å². The average molecular weight is 347 g/mol. The largest absolute Gasteiger partial charge is 0.573 e. The molecule has 0 aliphatic carbocycles. The lowest BCUT2D eigenvalue weighted by Crippen LogP contribution is -2.16. The SMILES string of the molecule is FC(F)(F)Oc1ccc(-c2nc3cc(Cl)cc(Cl)c3[nH]2)cc1. The van der Waals surface area contributed by atoms with Crippen LogP contribution in [-0.2, 0) is 0 Å². The van der Waals surface area contributed by atoms with E-state index in [0.717, 1.165) is 0 Å². The summed E-state index contributed by atoms with van der Waals surface area (Å²) in [6, 6.07) is 8.58. The first-order chi connectivity index (χ1) is 10.3. The fraction of sp³-hybridized carbons (Fsp3) is 0.0714. The molecule has 3 aromatic rings. The second kappa shape index (κ2) is 5.37. The Bertz CT molecular complexity index is 828. The number of aromatic nitrogens is 2. The molecule has 0 fully saturated rings. The van der Waals surface area contributed by atoms with Crippen LogP contribution < -0.4 is 4.74 Å². The molecule has 0 aliphatic heterocycles. The Hall–Kier alpha value is -1.92. The zero-order valence-corrected chi connectivity index (χ0v) is 12.2. The van der Waals surface area contributed by atoms with Crippen molar-refractivity contribution in [1.82, 2.24) is 9.97 Å². The number of hydrogen-bond acceptors (Lipinski definition) is 2. The zero-order chi connectivity index (χ0) is 15.9. The van der Waals surface area contributed by atoms with E-state index in [0.29, 0.717) is 32.5 Å². The standard InChI is InChI=1S/C14H7Cl2F3N2O/c15-8-5-10(16)12-11(6-8)20-13(21-12)7-1-3-9(4-2-7)22-14(17,18)19/h1-6H,(H,20,21). The number of H-pyrrole nitrogens is 1. The highest BCUT2D eigenvalue weighted by Gasteiger charge is 2.31. The van der Waals surface area contributed by atoms with Crippen LogP contribution in [0.2, 0.25) is 10.0 Å². The van der Waals surface area contributed by atoms with Gasteiger partial charge in [-0.1, -0.05) is 23.2 Å². The maximum absolute atomic E-state index is 12.1. The molecule has 2 aromatic carbocycles. The first kappa shape index (κ1) is 15.0. The predicted octanol–water partition coefficient (Wildman–Crippen LogP) is 5.44. The molecule has 3 rings (SSSR count). The van der Waals surface area contributed by atoms with Crippen molar-refractivity contribution < 1.29 is 17.9 Å². The van der Waals surface area contributed by atoms with E-state index in [2.05, 4.69) is 14.7 Å². The van der Waals surface area contributed by atoms with Gasteiger partial charge in [-0.15, -0.1) is 13.2 Å². The summed E-state index contributed by atoms with van der Waals surface area (Å²) in [6.07, 6.45) is -4.72. The van der Waals surface area contributed by atoms with Gasteiger partial charge in [0.25, 0.3) is 0 Å². The smallest absolute Gasteiger partial charge is 0.406 e. The molecular formula is C14H7Cl2F3N2O. The molecule has 0 atom stereocenters. The maximum atomic E-state index is 12.1. The molecule has 114 valence electrons. The lowest BCUT2D eigenvalue weighted by Gasteiger charge is -2.08. The summed E-state index contributed by atoms with van der Waals surface area (Å²) >= 11 is 12.0. The first-order valence-electron chi connectivity index (χ1n) is 6.03. The highest BCUT2D eigenvalue weighted by Crippen LogP contribution is 2.30. The number of imidazole rings is 1. The summed E-state index contributed by atoms with van der Waals surface area (Å²) in [5, 5.41) is 0.864. The van der Waals surface area contributed by atoms with Crippen LogP contribution in [0.15, 0.2) is 36.4 Å². The number of aromatic amines is 1. The van der Waals surface area contributed by atoms with E-state index in [9.17, 15) is 13.2 Å². The molecule has 0 bridgehead atoms. The normalized spacial score (nSPS) is 11.9. The Morgan fingerprint density at radius 1 is 1.05 bits per heavy atom. The van der Waals surface area contributed by atoms with Crippen LogP contribution in [0.5, 0.6) is 5.75 Å². The van der Waals surface area contributed by atoms with Gasteiger partial charge in [0.15, 0.2) is 0 Å². The van der Waals surface area contributed by atoms with E-state index in [-0.39, 0.29) is 5.75 Å². The van der Waals surface area contributed by atoms with Gasteiger partial charge in [0, 0.05) is 10.6 Å². The van der Waals surface area contributed by atoms with Crippen molar-refractivity contribution >= 4 is 34.2 Å². The van der Waals surface area contributed by atoms with Crippen molar-refractivity contribution in [1.29, 1.82) is 0 Å². The Labute approximate surface area is 132 Å². The number of alkyl halides is 3. The van der Waals surface area contributed by atoms with Crippen molar-refractivity contribution in [2.45, 2.75) is 6.36 Å². The van der Waals surface area contributed by atoms with Gasteiger partial charge in [0.05, 0.1) is 16.1 Å². The third-order valence-corrected chi connectivity index (χ3v) is 3.39. The number of halogens is 5. The average Bonchev–Trinajstić information content (AvgIpc) is 2.81. The second-order valence-corrected chi connectivity index (χ2v) is 5.28. The summed E-state index contributed by atoms with van der Waals surface area (Å²) in [5.41, 5.74) is 1.78. The minimum atomic E-state index is -4.72. The number of hydrogen-bond donors (Lipinski definition) is 1. The molecule has 0 aliphatic rings. The predicted molar refractivity (Wildman–Crippen MR) is 78.2 cm³/mol. The molecule has 3 nitrogen and oxygen atoms in total. The van der Waals surface area contributed by atoms with E-state index in [1.54, 1.807) is 12.1 Å². The van der Waals surface area contributed by atoms with E-state index < -0.39 is 6.36 Å². The highest BCUT2D eigenvalue weighted by molar-refractivity contribution is 6.38. The van der Waals surface area contributed by atoms with Crippen LogP contribution >= 0.6 is 23.2 Å². The number of nitrogens with zero attached hydrogens (tertiary/aromatic N) is 1. The third-order valence-electron chi connectivity index (χ3n) is 2.87.